The monoisotopic (exact) mass is 174 g/mol. The van der Waals surface area contributed by atoms with E-state index in [9.17, 15) is 0 Å². The van der Waals surface area contributed by atoms with Crippen molar-refractivity contribution in [3.63, 3.8) is 0 Å². The van der Waals surface area contributed by atoms with Gasteiger partial charge in [0.1, 0.15) is 0 Å². The summed E-state index contributed by atoms with van der Waals surface area (Å²) in [5, 5.41) is 3.75. The average Bonchev–Trinajstić information content (AvgIpc) is 2.62. The van der Waals surface area contributed by atoms with Crippen LogP contribution in [0.25, 0.3) is 0 Å². The van der Waals surface area contributed by atoms with Crippen LogP contribution in [0.3, 0.4) is 0 Å². The minimum absolute atomic E-state index is 0.726. The first-order valence-electron chi connectivity index (χ1n) is 4.15. The highest BCUT2D eigenvalue weighted by Crippen LogP contribution is 2.06. The van der Waals surface area contributed by atoms with E-state index in [0.717, 1.165) is 12.2 Å². The topological polar surface area (TPSA) is 38.9 Å². The maximum absolute atomic E-state index is 4.65. The Balaban J connectivity index is 2.15. The number of benzene rings is 1. The lowest BCUT2D eigenvalue weighted by molar-refractivity contribution is 0.411. The van der Waals surface area contributed by atoms with E-state index in [1.807, 2.05) is 0 Å². The van der Waals surface area contributed by atoms with Gasteiger partial charge in [0.2, 0.25) is 6.39 Å². The molecule has 0 aliphatic rings. The van der Waals surface area contributed by atoms with E-state index in [1.165, 1.54) is 17.5 Å². The molecule has 0 radical (unpaired) electrons. The first-order valence-corrected chi connectivity index (χ1v) is 4.15. The Morgan fingerprint density at radius 3 is 2.62 bits per heavy atom. The first kappa shape index (κ1) is 7.98. The van der Waals surface area contributed by atoms with Gasteiger partial charge in [0.15, 0.2) is 5.82 Å². The molecule has 2 aromatic rings. The van der Waals surface area contributed by atoms with E-state index in [1.54, 1.807) is 0 Å². The molecular weight excluding hydrogens is 164 g/mol. The van der Waals surface area contributed by atoms with Gasteiger partial charge < -0.3 is 4.52 Å². The van der Waals surface area contributed by atoms with Crippen molar-refractivity contribution >= 4 is 0 Å². The predicted octanol–water partition coefficient (Wildman–Crippen LogP) is 1.97. The number of aryl methyl sites for hydroxylation is 1. The number of aromatic nitrogens is 2. The van der Waals surface area contributed by atoms with Crippen molar-refractivity contribution in [2.24, 2.45) is 0 Å². The molecular formula is C10H10N2O. The zero-order chi connectivity index (χ0) is 9.10. The molecule has 0 N–H and O–H groups in total. The van der Waals surface area contributed by atoms with Crippen molar-refractivity contribution in [1.29, 1.82) is 0 Å². The highest BCUT2D eigenvalue weighted by Gasteiger charge is 1.99. The summed E-state index contributed by atoms with van der Waals surface area (Å²) in [6.45, 7) is 2.07. The molecule has 13 heavy (non-hydrogen) atoms. The van der Waals surface area contributed by atoms with Crippen molar-refractivity contribution in [2.75, 3.05) is 0 Å². The summed E-state index contributed by atoms with van der Waals surface area (Å²) in [6, 6.07) is 8.31. The molecule has 2 rings (SSSR count). The van der Waals surface area contributed by atoms with Crippen LogP contribution in [-0.4, -0.2) is 10.1 Å². The largest absolute Gasteiger partial charge is 0.343 e. The van der Waals surface area contributed by atoms with E-state index in [4.69, 9.17) is 0 Å². The molecule has 0 amide bonds. The molecule has 0 aliphatic heterocycles. The van der Waals surface area contributed by atoms with Crippen LogP contribution in [-0.2, 0) is 6.42 Å². The third kappa shape index (κ3) is 1.93. The van der Waals surface area contributed by atoms with Crippen LogP contribution in [0.2, 0.25) is 0 Å². The van der Waals surface area contributed by atoms with Crippen LogP contribution in [0.15, 0.2) is 35.2 Å². The van der Waals surface area contributed by atoms with Gasteiger partial charge in [0.05, 0.1) is 0 Å². The van der Waals surface area contributed by atoms with Crippen molar-refractivity contribution < 1.29 is 4.52 Å². The highest BCUT2D eigenvalue weighted by atomic mass is 16.5. The van der Waals surface area contributed by atoms with E-state index in [0.29, 0.717) is 0 Å². The summed E-state index contributed by atoms with van der Waals surface area (Å²) in [5.41, 5.74) is 2.46. The molecule has 3 nitrogen and oxygen atoms in total. The Bertz CT molecular complexity index is 364. The maximum Gasteiger partial charge on any atom is 0.213 e. The molecule has 0 atom stereocenters. The summed E-state index contributed by atoms with van der Waals surface area (Å²) in [4.78, 5) is 3.96. The van der Waals surface area contributed by atoms with Gasteiger partial charge in [-0.1, -0.05) is 35.0 Å². The number of rotatable bonds is 2. The smallest absolute Gasteiger partial charge is 0.213 e. The molecule has 0 unspecified atom stereocenters. The average molecular weight is 174 g/mol. The molecule has 0 fully saturated rings. The summed E-state index contributed by atoms with van der Waals surface area (Å²) < 4.78 is 4.65. The second-order valence-corrected chi connectivity index (χ2v) is 3.01. The fourth-order valence-corrected chi connectivity index (χ4v) is 1.16. The molecule has 0 spiro atoms. The van der Waals surface area contributed by atoms with Crippen molar-refractivity contribution in [2.45, 2.75) is 13.3 Å². The third-order valence-corrected chi connectivity index (χ3v) is 1.89. The van der Waals surface area contributed by atoms with Gasteiger partial charge in [-0.15, -0.1) is 0 Å². The van der Waals surface area contributed by atoms with Gasteiger partial charge in [0, 0.05) is 6.42 Å². The molecule has 0 bridgehead atoms. The van der Waals surface area contributed by atoms with Gasteiger partial charge in [-0.25, -0.2) is 0 Å². The highest BCUT2D eigenvalue weighted by molar-refractivity contribution is 5.23. The zero-order valence-electron chi connectivity index (χ0n) is 7.40. The van der Waals surface area contributed by atoms with Crippen LogP contribution < -0.4 is 0 Å². The fraction of sp³-hybridized carbons (Fsp3) is 0.200. The Kier molecular flexibility index (Phi) is 2.08. The van der Waals surface area contributed by atoms with Crippen molar-refractivity contribution in [3.05, 3.63) is 47.6 Å². The normalized spacial score (nSPS) is 10.2. The van der Waals surface area contributed by atoms with Crippen LogP contribution in [0.1, 0.15) is 17.0 Å². The van der Waals surface area contributed by atoms with Crippen molar-refractivity contribution in [3.8, 4) is 0 Å². The van der Waals surface area contributed by atoms with Gasteiger partial charge in [0.25, 0.3) is 0 Å². The molecule has 66 valence electrons. The summed E-state index contributed by atoms with van der Waals surface area (Å²) in [7, 11) is 0. The van der Waals surface area contributed by atoms with Crippen LogP contribution in [0.4, 0.5) is 0 Å². The second kappa shape index (κ2) is 3.39. The molecule has 0 saturated heterocycles. The van der Waals surface area contributed by atoms with E-state index >= 15 is 0 Å². The minimum atomic E-state index is 0.726. The lowest BCUT2D eigenvalue weighted by Crippen LogP contribution is -1.89. The standard InChI is InChI=1S/C10H10N2O/c1-8-2-4-9(5-3-8)6-10-11-7-13-12-10/h2-5,7H,6H2,1H3. The number of hydrogen-bond donors (Lipinski definition) is 0. The zero-order valence-corrected chi connectivity index (χ0v) is 7.40. The Morgan fingerprint density at radius 2 is 2.00 bits per heavy atom. The van der Waals surface area contributed by atoms with E-state index in [-0.39, 0.29) is 0 Å². The maximum atomic E-state index is 4.65. The lowest BCUT2D eigenvalue weighted by atomic mass is 10.1. The van der Waals surface area contributed by atoms with E-state index in [2.05, 4.69) is 45.9 Å². The lowest BCUT2D eigenvalue weighted by Gasteiger charge is -1.96. The van der Waals surface area contributed by atoms with Crippen LogP contribution >= 0.6 is 0 Å². The molecule has 1 heterocycles. The Labute approximate surface area is 76.4 Å². The third-order valence-electron chi connectivity index (χ3n) is 1.89. The van der Waals surface area contributed by atoms with Crippen LogP contribution in [0, 0.1) is 6.92 Å². The fourth-order valence-electron chi connectivity index (χ4n) is 1.16. The summed E-state index contributed by atoms with van der Waals surface area (Å²) >= 11 is 0. The van der Waals surface area contributed by atoms with Gasteiger partial charge in [-0.05, 0) is 12.5 Å². The molecule has 1 aromatic carbocycles. The summed E-state index contributed by atoms with van der Waals surface area (Å²) in [6.07, 6.45) is 2.08. The minimum Gasteiger partial charge on any atom is -0.343 e. The second-order valence-electron chi connectivity index (χ2n) is 3.01. The predicted molar refractivity (Wildman–Crippen MR) is 48.3 cm³/mol. The quantitative estimate of drug-likeness (QED) is 0.698. The van der Waals surface area contributed by atoms with Crippen LogP contribution in [0.5, 0.6) is 0 Å². The molecule has 0 aliphatic carbocycles. The van der Waals surface area contributed by atoms with E-state index < -0.39 is 0 Å². The molecule has 1 aromatic heterocycles. The summed E-state index contributed by atoms with van der Waals surface area (Å²) in [5.74, 6) is 0.726. The molecule has 0 saturated carbocycles. The Morgan fingerprint density at radius 1 is 1.23 bits per heavy atom. The van der Waals surface area contributed by atoms with Gasteiger partial charge in [-0.3, -0.25) is 0 Å². The molecule has 3 heteroatoms. The van der Waals surface area contributed by atoms with Gasteiger partial charge >= 0.3 is 0 Å². The number of hydrogen-bond acceptors (Lipinski definition) is 3. The SMILES string of the molecule is Cc1ccc(Cc2ncon2)cc1. The number of nitrogens with zero attached hydrogens (tertiary/aromatic N) is 2. The van der Waals surface area contributed by atoms with Gasteiger partial charge in [-0.2, -0.15) is 4.98 Å². The Hall–Kier alpha value is -1.64. The first-order chi connectivity index (χ1) is 6.34. The van der Waals surface area contributed by atoms with Crippen molar-refractivity contribution in [1.82, 2.24) is 10.1 Å².